The molecule has 0 N–H and O–H groups in total. The van der Waals surface area contributed by atoms with Crippen molar-refractivity contribution in [2.45, 2.75) is 18.7 Å². The van der Waals surface area contributed by atoms with Gasteiger partial charge in [0.15, 0.2) is 11.5 Å². The van der Waals surface area contributed by atoms with Gasteiger partial charge in [0.2, 0.25) is 0 Å². The normalized spacial score (nSPS) is 11.4. The highest BCUT2D eigenvalue weighted by Gasteiger charge is 2.26. The zero-order valence-corrected chi connectivity index (χ0v) is 22.3. The topological polar surface area (TPSA) is 87.2 Å². The standard InChI is InChI=1S/C28H30N2O6S/c1-19(2)18-30(37(31,32)23-12-10-21(33-3)11-13-23)20-6-8-22(9-7-20)36-25-16-17-29-27-24(25)14-15-26(34-4)28(27)35-5/h6-17,19H,18H2,1-5H3. The van der Waals surface area contributed by atoms with Crippen molar-refractivity contribution >= 4 is 26.6 Å². The Kier molecular flexibility index (Phi) is 7.73. The molecule has 1 aromatic heterocycles. The molecule has 4 aromatic rings. The number of methoxy groups -OCH3 is 3. The number of nitrogens with zero attached hydrogens (tertiary/aromatic N) is 2. The van der Waals surface area contributed by atoms with Gasteiger partial charge in [-0.2, -0.15) is 0 Å². The van der Waals surface area contributed by atoms with Gasteiger partial charge in [0, 0.05) is 18.1 Å². The highest BCUT2D eigenvalue weighted by molar-refractivity contribution is 7.92. The van der Waals surface area contributed by atoms with Gasteiger partial charge in [-0.15, -0.1) is 0 Å². The molecule has 8 nitrogen and oxygen atoms in total. The number of benzene rings is 3. The summed E-state index contributed by atoms with van der Waals surface area (Å²) in [7, 11) is 0.892. The largest absolute Gasteiger partial charge is 0.497 e. The van der Waals surface area contributed by atoms with Crippen molar-refractivity contribution in [2.75, 3.05) is 32.2 Å². The number of hydrogen-bond donors (Lipinski definition) is 0. The number of anilines is 1. The van der Waals surface area contributed by atoms with Crippen molar-refractivity contribution in [3.05, 3.63) is 72.9 Å². The minimum atomic E-state index is -3.79. The van der Waals surface area contributed by atoms with E-state index in [0.29, 0.717) is 46.5 Å². The van der Waals surface area contributed by atoms with Crippen LogP contribution in [0.5, 0.6) is 28.7 Å². The first-order valence-corrected chi connectivity index (χ1v) is 13.2. The summed E-state index contributed by atoms with van der Waals surface area (Å²) in [6.07, 6.45) is 1.64. The third-order valence-electron chi connectivity index (χ3n) is 5.75. The summed E-state index contributed by atoms with van der Waals surface area (Å²) in [4.78, 5) is 4.62. The molecule has 4 rings (SSSR count). The summed E-state index contributed by atoms with van der Waals surface area (Å²) in [5, 5.41) is 0.757. The number of sulfonamides is 1. The lowest BCUT2D eigenvalue weighted by Gasteiger charge is -2.26. The van der Waals surface area contributed by atoms with Crippen LogP contribution in [0.15, 0.2) is 77.8 Å². The second kappa shape index (κ2) is 11.0. The number of ether oxygens (including phenoxy) is 4. The fourth-order valence-electron chi connectivity index (χ4n) is 3.95. The van der Waals surface area contributed by atoms with E-state index in [0.717, 1.165) is 5.39 Å². The molecule has 3 aromatic carbocycles. The number of rotatable bonds is 10. The van der Waals surface area contributed by atoms with E-state index < -0.39 is 10.0 Å². The van der Waals surface area contributed by atoms with E-state index >= 15 is 0 Å². The first kappa shape index (κ1) is 26.1. The van der Waals surface area contributed by atoms with Gasteiger partial charge in [0.25, 0.3) is 10.0 Å². The van der Waals surface area contributed by atoms with E-state index in [1.807, 2.05) is 19.9 Å². The molecular formula is C28H30N2O6S. The SMILES string of the molecule is COc1ccc(S(=O)(=O)N(CC(C)C)c2ccc(Oc3ccnc4c(OC)c(OC)ccc34)cc2)cc1. The molecule has 0 aliphatic rings. The molecule has 0 saturated heterocycles. The highest BCUT2D eigenvalue weighted by Crippen LogP contribution is 2.39. The Balaban J connectivity index is 1.65. The van der Waals surface area contributed by atoms with Crippen LogP contribution in [0.25, 0.3) is 10.9 Å². The lowest BCUT2D eigenvalue weighted by molar-refractivity contribution is 0.358. The van der Waals surface area contributed by atoms with Gasteiger partial charge >= 0.3 is 0 Å². The summed E-state index contributed by atoms with van der Waals surface area (Å²) in [5.41, 5.74) is 1.16. The van der Waals surface area contributed by atoms with Crippen LogP contribution in [0.2, 0.25) is 0 Å². The Hall–Kier alpha value is -3.98. The highest BCUT2D eigenvalue weighted by atomic mass is 32.2. The molecular weight excluding hydrogens is 492 g/mol. The van der Waals surface area contributed by atoms with Crippen LogP contribution < -0.4 is 23.3 Å². The molecule has 0 atom stereocenters. The van der Waals surface area contributed by atoms with Crippen LogP contribution >= 0.6 is 0 Å². The van der Waals surface area contributed by atoms with E-state index in [2.05, 4.69) is 4.98 Å². The first-order chi connectivity index (χ1) is 17.8. The third kappa shape index (κ3) is 5.41. The van der Waals surface area contributed by atoms with E-state index in [9.17, 15) is 8.42 Å². The fourth-order valence-corrected chi connectivity index (χ4v) is 5.58. The lowest BCUT2D eigenvalue weighted by Crippen LogP contribution is -2.34. The molecule has 1 heterocycles. The predicted octanol–water partition coefficient (Wildman–Crippen LogP) is 5.90. The average molecular weight is 523 g/mol. The van der Waals surface area contributed by atoms with Crippen LogP contribution in [0, 0.1) is 5.92 Å². The van der Waals surface area contributed by atoms with E-state index in [1.165, 1.54) is 4.31 Å². The Morgan fingerprint density at radius 3 is 2.05 bits per heavy atom. The molecule has 0 radical (unpaired) electrons. The summed E-state index contributed by atoms with van der Waals surface area (Å²) in [5.74, 6) is 2.94. The number of pyridine rings is 1. The number of hydrogen-bond acceptors (Lipinski definition) is 7. The molecule has 9 heteroatoms. The Labute approximate surface area is 217 Å². The zero-order valence-electron chi connectivity index (χ0n) is 21.5. The predicted molar refractivity (Wildman–Crippen MR) is 144 cm³/mol. The summed E-state index contributed by atoms with van der Waals surface area (Å²) < 4.78 is 50.7. The van der Waals surface area contributed by atoms with Gasteiger partial charge < -0.3 is 18.9 Å². The van der Waals surface area contributed by atoms with Crippen LogP contribution in [0.1, 0.15) is 13.8 Å². The average Bonchev–Trinajstić information content (AvgIpc) is 2.91. The Morgan fingerprint density at radius 2 is 1.46 bits per heavy atom. The maximum absolute atomic E-state index is 13.5. The maximum atomic E-state index is 13.5. The van der Waals surface area contributed by atoms with Gasteiger partial charge in [-0.05, 0) is 72.6 Å². The van der Waals surface area contributed by atoms with Crippen LogP contribution in [0.3, 0.4) is 0 Å². The van der Waals surface area contributed by atoms with E-state index in [1.54, 1.807) is 88.2 Å². The van der Waals surface area contributed by atoms with Gasteiger partial charge in [-0.25, -0.2) is 8.42 Å². The van der Waals surface area contributed by atoms with E-state index in [4.69, 9.17) is 18.9 Å². The van der Waals surface area contributed by atoms with Crippen LogP contribution in [-0.4, -0.2) is 41.3 Å². The summed E-state index contributed by atoms with van der Waals surface area (Å²) in [6.45, 7) is 4.28. The van der Waals surface area contributed by atoms with Gasteiger partial charge in [-0.1, -0.05) is 13.8 Å². The Morgan fingerprint density at radius 1 is 0.784 bits per heavy atom. The van der Waals surface area contributed by atoms with Gasteiger partial charge in [-0.3, -0.25) is 9.29 Å². The van der Waals surface area contributed by atoms with Crippen molar-refractivity contribution in [1.82, 2.24) is 4.98 Å². The van der Waals surface area contributed by atoms with Crippen molar-refractivity contribution in [1.29, 1.82) is 0 Å². The van der Waals surface area contributed by atoms with Crippen molar-refractivity contribution in [2.24, 2.45) is 5.92 Å². The quantitative estimate of drug-likeness (QED) is 0.256. The van der Waals surface area contributed by atoms with Crippen LogP contribution in [-0.2, 0) is 10.0 Å². The minimum Gasteiger partial charge on any atom is -0.497 e. The molecule has 37 heavy (non-hydrogen) atoms. The zero-order chi connectivity index (χ0) is 26.6. The van der Waals surface area contributed by atoms with Gasteiger partial charge in [0.05, 0.1) is 31.9 Å². The van der Waals surface area contributed by atoms with E-state index in [-0.39, 0.29) is 10.8 Å². The van der Waals surface area contributed by atoms with Crippen molar-refractivity contribution in [3.63, 3.8) is 0 Å². The summed E-state index contributed by atoms with van der Waals surface area (Å²) in [6, 6.07) is 18.8. The maximum Gasteiger partial charge on any atom is 0.264 e. The Bertz CT molecular complexity index is 1470. The smallest absolute Gasteiger partial charge is 0.264 e. The van der Waals surface area contributed by atoms with Crippen LogP contribution in [0.4, 0.5) is 5.69 Å². The monoisotopic (exact) mass is 522 g/mol. The second-order valence-electron chi connectivity index (χ2n) is 8.71. The second-order valence-corrected chi connectivity index (χ2v) is 10.6. The first-order valence-electron chi connectivity index (χ1n) is 11.7. The van der Waals surface area contributed by atoms with Crippen molar-refractivity contribution in [3.8, 4) is 28.7 Å². The molecule has 0 saturated carbocycles. The molecule has 0 aliphatic carbocycles. The third-order valence-corrected chi connectivity index (χ3v) is 7.55. The summed E-state index contributed by atoms with van der Waals surface area (Å²) >= 11 is 0. The molecule has 0 unspecified atom stereocenters. The fraction of sp³-hybridized carbons (Fsp3) is 0.250. The molecule has 0 bridgehead atoms. The van der Waals surface area contributed by atoms with Crippen molar-refractivity contribution < 1.29 is 27.4 Å². The number of aromatic nitrogens is 1. The van der Waals surface area contributed by atoms with Gasteiger partial charge in [0.1, 0.15) is 22.8 Å². The molecule has 0 spiro atoms. The molecule has 194 valence electrons. The minimum absolute atomic E-state index is 0.110. The molecule has 0 amide bonds. The lowest BCUT2D eigenvalue weighted by atomic mass is 10.1. The number of fused-ring (bicyclic) bond motifs is 1. The molecule has 0 fully saturated rings. The molecule has 0 aliphatic heterocycles.